The van der Waals surface area contributed by atoms with Gasteiger partial charge in [-0.25, -0.2) is 0 Å². The van der Waals surface area contributed by atoms with Gasteiger partial charge in [0, 0.05) is 16.9 Å². The van der Waals surface area contributed by atoms with Gasteiger partial charge in [-0.3, -0.25) is 9.59 Å². The molecule has 3 heteroatoms. The van der Waals surface area contributed by atoms with Gasteiger partial charge in [-0.2, -0.15) is 0 Å². The molecular formula is C25H28O3. The number of allylic oxidation sites excluding steroid dienone is 6. The molecule has 1 aromatic rings. The molecule has 1 N–H and O–H groups in total. The number of para-hydroxylation sites is 1. The molecule has 0 aromatic heterocycles. The number of rotatable bonds is 4. The van der Waals surface area contributed by atoms with Gasteiger partial charge in [0.1, 0.15) is 5.75 Å². The van der Waals surface area contributed by atoms with E-state index in [2.05, 4.69) is 13.2 Å². The number of hydrogen-bond donors (Lipinski definition) is 1. The molecule has 3 rings (SSSR count). The van der Waals surface area contributed by atoms with Gasteiger partial charge in [0.25, 0.3) is 0 Å². The summed E-state index contributed by atoms with van der Waals surface area (Å²) in [6.45, 7) is 14.9. The summed E-state index contributed by atoms with van der Waals surface area (Å²) in [5, 5.41) is 11.0. The number of carbonyl (C=O) groups excluding carboxylic acids is 2. The number of carbonyl (C=O) groups is 2. The van der Waals surface area contributed by atoms with Crippen molar-refractivity contribution >= 4 is 11.6 Å². The van der Waals surface area contributed by atoms with E-state index in [9.17, 15) is 14.7 Å². The lowest BCUT2D eigenvalue weighted by atomic mass is 9.45. The first-order valence-electron chi connectivity index (χ1n) is 9.66. The van der Waals surface area contributed by atoms with Gasteiger partial charge in [0.2, 0.25) is 0 Å². The lowest BCUT2D eigenvalue weighted by Crippen LogP contribution is -2.57. The molecule has 0 radical (unpaired) electrons. The van der Waals surface area contributed by atoms with Gasteiger partial charge in [0.15, 0.2) is 11.6 Å². The lowest BCUT2D eigenvalue weighted by molar-refractivity contribution is -0.147. The minimum absolute atomic E-state index is 0.0122. The summed E-state index contributed by atoms with van der Waals surface area (Å²) >= 11 is 0. The van der Waals surface area contributed by atoms with Crippen LogP contribution in [-0.4, -0.2) is 16.7 Å². The number of phenols is 1. The van der Waals surface area contributed by atoms with Crippen molar-refractivity contribution in [3.63, 3.8) is 0 Å². The van der Waals surface area contributed by atoms with E-state index < -0.39 is 16.7 Å². The van der Waals surface area contributed by atoms with Crippen molar-refractivity contribution in [1.29, 1.82) is 0 Å². The summed E-state index contributed by atoms with van der Waals surface area (Å²) in [6.07, 6.45) is 6.48. The van der Waals surface area contributed by atoms with Gasteiger partial charge >= 0.3 is 0 Å². The van der Waals surface area contributed by atoms with Crippen molar-refractivity contribution in [1.82, 2.24) is 0 Å². The van der Waals surface area contributed by atoms with Crippen LogP contribution in [0.1, 0.15) is 51.2 Å². The van der Waals surface area contributed by atoms with Crippen molar-refractivity contribution in [2.24, 2.45) is 10.8 Å². The zero-order chi connectivity index (χ0) is 20.9. The number of Topliss-reactive ketones (excluding diaryl/α,β-unsaturated/α-hetero) is 2. The van der Waals surface area contributed by atoms with E-state index in [0.717, 1.165) is 11.1 Å². The smallest absolute Gasteiger partial charge is 0.166 e. The molecule has 0 bridgehead atoms. The predicted molar refractivity (Wildman–Crippen MR) is 112 cm³/mol. The van der Waals surface area contributed by atoms with Crippen LogP contribution in [0.2, 0.25) is 0 Å². The SMILES string of the molecule is C=CCc1cccc(C2C(C=C)=CCC3(C)C(=O)C(C)=C(C)C(=O)C23C)c1O. The normalized spacial score (nSPS) is 30.0. The minimum Gasteiger partial charge on any atom is -0.507 e. The van der Waals surface area contributed by atoms with Crippen molar-refractivity contribution in [2.75, 3.05) is 0 Å². The van der Waals surface area contributed by atoms with Crippen molar-refractivity contribution in [2.45, 2.75) is 46.5 Å². The first-order chi connectivity index (χ1) is 13.1. The third kappa shape index (κ3) is 2.42. The Labute approximate surface area is 167 Å². The van der Waals surface area contributed by atoms with E-state index in [4.69, 9.17) is 0 Å². The van der Waals surface area contributed by atoms with Gasteiger partial charge in [-0.05, 0) is 49.0 Å². The van der Waals surface area contributed by atoms with Crippen LogP contribution in [0.25, 0.3) is 0 Å². The first-order valence-corrected chi connectivity index (χ1v) is 9.66. The molecule has 0 fully saturated rings. The second kappa shape index (κ2) is 6.73. The Kier molecular flexibility index (Phi) is 4.82. The Morgan fingerprint density at radius 3 is 2.39 bits per heavy atom. The fourth-order valence-electron chi connectivity index (χ4n) is 5.01. The molecular weight excluding hydrogens is 348 g/mol. The van der Waals surface area contributed by atoms with Crippen LogP contribution >= 0.6 is 0 Å². The van der Waals surface area contributed by atoms with Crippen LogP contribution in [0.3, 0.4) is 0 Å². The van der Waals surface area contributed by atoms with E-state index in [1.165, 1.54) is 0 Å². The third-order valence-corrected chi connectivity index (χ3v) is 7.08. The van der Waals surface area contributed by atoms with E-state index in [-0.39, 0.29) is 17.3 Å². The maximum Gasteiger partial charge on any atom is 0.166 e. The Morgan fingerprint density at radius 2 is 1.79 bits per heavy atom. The van der Waals surface area contributed by atoms with Crippen LogP contribution in [0, 0.1) is 10.8 Å². The largest absolute Gasteiger partial charge is 0.507 e. The summed E-state index contributed by atoms with van der Waals surface area (Å²) < 4.78 is 0. The topological polar surface area (TPSA) is 54.4 Å². The average molecular weight is 376 g/mol. The number of ketones is 2. The molecule has 28 heavy (non-hydrogen) atoms. The average Bonchev–Trinajstić information content (AvgIpc) is 2.68. The van der Waals surface area contributed by atoms with Crippen molar-refractivity contribution in [3.05, 3.63) is 77.4 Å². The van der Waals surface area contributed by atoms with E-state index in [1.807, 2.05) is 38.1 Å². The molecule has 0 saturated heterocycles. The van der Waals surface area contributed by atoms with Crippen molar-refractivity contribution < 1.29 is 14.7 Å². The molecule has 0 spiro atoms. The summed E-state index contributed by atoms with van der Waals surface area (Å²) in [6, 6.07) is 5.58. The Balaban J connectivity index is 2.35. The monoisotopic (exact) mass is 376 g/mol. The van der Waals surface area contributed by atoms with Gasteiger partial charge in [-0.1, -0.05) is 56.9 Å². The molecule has 146 valence electrons. The van der Waals surface area contributed by atoms with Gasteiger partial charge in [0.05, 0.1) is 5.41 Å². The molecule has 1 aromatic carbocycles. The molecule has 0 heterocycles. The molecule has 3 nitrogen and oxygen atoms in total. The Bertz CT molecular complexity index is 962. The lowest BCUT2D eigenvalue weighted by Gasteiger charge is -2.54. The summed E-state index contributed by atoms with van der Waals surface area (Å²) in [5.41, 5.74) is 1.48. The second-order valence-electron chi connectivity index (χ2n) is 8.34. The molecule has 0 amide bonds. The fourth-order valence-corrected chi connectivity index (χ4v) is 5.01. The van der Waals surface area contributed by atoms with Crippen LogP contribution < -0.4 is 0 Å². The second-order valence-corrected chi connectivity index (χ2v) is 8.34. The Morgan fingerprint density at radius 1 is 1.14 bits per heavy atom. The number of hydrogen-bond acceptors (Lipinski definition) is 3. The standard InChI is InChI=1S/C25H28O3/c1-7-10-18-11-9-12-19(21(18)26)20-17(8-2)13-14-24(5)22(27)15(3)16(4)23(28)25(20,24)6/h7-9,11-13,20,26H,1-2,10,14H2,3-6H3. The molecule has 0 aliphatic heterocycles. The zero-order valence-electron chi connectivity index (χ0n) is 17.1. The summed E-state index contributed by atoms with van der Waals surface area (Å²) in [4.78, 5) is 27.0. The molecule has 2 aliphatic carbocycles. The zero-order valence-corrected chi connectivity index (χ0v) is 17.1. The maximum atomic E-state index is 13.6. The highest BCUT2D eigenvalue weighted by Gasteiger charge is 2.63. The fraction of sp³-hybridized carbons (Fsp3) is 0.360. The first kappa shape index (κ1) is 20.1. The highest BCUT2D eigenvalue weighted by atomic mass is 16.3. The van der Waals surface area contributed by atoms with E-state index in [1.54, 1.807) is 26.0 Å². The molecule has 2 aliphatic rings. The quantitative estimate of drug-likeness (QED) is 0.733. The maximum absolute atomic E-state index is 13.6. The number of benzene rings is 1. The predicted octanol–water partition coefficient (Wildman–Crippen LogP) is 5.22. The number of aromatic hydroxyl groups is 1. The van der Waals surface area contributed by atoms with E-state index in [0.29, 0.717) is 29.6 Å². The Hall–Kier alpha value is -2.68. The van der Waals surface area contributed by atoms with Crippen LogP contribution in [0.4, 0.5) is 0 Å². The number of fused-ring (bicyclic) bond motifs is 1. The highest BCUT2D eigenvalue weighted by molar-refractivity contribution is 6.17. The molecule has 0 saturated carbocycles. The molecule has 3 unspecified atom stereocenters. The van der Waals surface area contributed by atoms with Crippen LogP contribution in [0.15, 0.2) is 66.3 Å². The summed E-state index contributed by atoms with van der Waals surface area (Å²) in [7, 11) is 0. The highest BCUT2D eigenvalue weighted by Crippen LogP contribution is 2.63. The summed E-state index contributed by atoms with van der Waals surface area (Å²) in [5.74, 6) is -0.306. The number of phenolic OH excluding ortho intramolecular Hbond substituents is 1. The van der Waals surface area contributed by atoms with Crippen molar-refractivity contribution in [3.8, 4) is 5.75 Å². The molecule has 3 atom stereocenters. The van der Waals surface area contributed by atoms with Gasteiger partial charge in [-0.15, -0.1) is 6.58 Å². The minimum atomic E-state index is -1.00. The third-order valence-electron chi connectivity index (χ3n) is 7.08. The van der Waals surface area contributed by atoms with Crippen LogP contribution in [0.5, 0.6) is 5.75 Å². The van der Waals surface area contributed by atoms with E-state index >= 15 is 0 Å². The van der Waals surface area contributed by atoms with Crippen LogP contribution in [-0.2, 0) is 16.0 Å². The van der Waals surface area contributed by atoms with Gasteiger partial charge < -0.3 is 5.11 Å².